The van der Waals surface area contributed by atoms with Gasteiger partial charge in [0.2, 0.25) is 0 Å². The van der Waals surface area contributed by atoms with Crippen LogP contribution in [0.3, 0.4) is 0 Å². The molecule has 0 heterocycles. The van der Waals surface area contributed by atoms with E-state index in [1.807, 2.05) is 0 Å². The first-order valence-corrected chi connectivity index (χ1v) is 6.05. The van der Waals surface area contributed by atoms with Crippen LogP contribution in [0.5, 0.6) is 0 Å². The maximum Gasteiger partial charge on any atom is 0 e. The van der Waals surface area contributed by atoms with Crippen molar-refractivity contribution < 1.29 is 21.7 Å². The van der Waals surface area contributed by atoms with E-state index >= 15 is 0 Å². The summed E-state index contributed by atoms with van der Waals surface area (Å²) in [6, 6.07) is 0. The number of nitrogens with zero attached hydrogens (tertiary/aromatic N) is 1. The average molecular weight is 269 g/mol. The summed E-state index contributed by atoms with van der Waals surface area (Å²) in [5.74, 6) is 0. The van der Waals surface area contributed by atoms with E-state index in [1.54, 1.807) is 0 Å². The molecule has 92 valence electrons. The van der Waals surface area contributed by atoms with Crippen LogP contribution in [0.2, 0.25) is 0 Å². The predicted octanol–water partition coefficient (Wildman–Crippen LogP) is 4.94. The van der Waals surface area contributed by atoms with Gasteiger partial charge in [0.25, 0.3) is 0 Å². The van der Waals surface area contributed by atoms with E-state index in [0.29, 0.717) is 0 Å². The van der Waals surface area contributed by atoms with Gasteiger partial charge in [-0.2, -0.15) is 0 Å². The van der Waals surface area contributed by atoms with Crippen molar-refractivity contribution >= 4 is 12.4 Å². The standard InChI is InChI=1S/C12H26N.ClH.Ti/c1-3-5-7-9-11-13-12-10-8-6-4-2;;/h3-12H2,1-2H3;1H;/q-1;;. The first-order valence-electron chi connectivity index (χ1n) is 6.05. The molecule has 0 aliphatic rings. The molecular weight excluding hydrogens is 241 g/mol. The summed E-state index contributed by atoms with van der Waals surface area (Å²) in [6.45, 7) is 6.71. The molecule has 0 saturated carbocycles. The Morgan fingerprint density at radius 2 is 1.07 bits per heavy atom. The van der Waals surface area contributed by atoms with Crippen molar-refractivity contribution in [3.05, 3.63) is 5.32 Å². The third-order valence-electron chi connectivity index (χ3n) is 2.34. The van der Waals surface area contributed by atoms with E-state index in [4.69, 9.17) is 0 Å². The Morgan fingerprint density at radius 1 is 0.667 bits per heavy atom. The summed E-state index contributed by atoms with van der Waals surface area (Å²) in [6.07, 6.45) is 10.8. The molecule has 0 aliphatic heterocycles. The van der Waals surface area contributed by atoms with Crippen LogP contribution in [0.15, 0.2) is 0 Å². The Labute approximate surface area is 117 Å². The van der Waals surface area contributed by atoms with Gasteiger partial charge in [0.1, 0.15) is 0 Å². The van der Waals surface area contributed by atoms with Crippen LogP contribution in [0.25, 0.3) is 5.32 Å². The first-order chi connectivity index (χ1) is 6.41. The molecule has 15 heavy (non-hydrogen) atoms. The van der Waals surface area contributed by atoms with Gasteiger partial charge < -0.3 is 5.32 Å². The molecule has 0 fully saturated rings. The van der Waals surface area contributed by atoms with Gasteiger partial charge >= 0.3 is 0 Å². The number of rotatable bonds is 10. The third kappa shape index (κ3) is 20.9. The molecule has 0 atom stereocenters. The van der Waals surface area contributed by atoms with Gasteiger partial charge in [-0.1, -0.05) is 65.2 Å². The fraction of sp³-hybridized carbons (Fsp3) is 1.00. The zero-order chi connectivity index (χ0) is 9.78. The second-order valence-electron chi connectivity index (χ2n) is 3.79. The van der Waals surface area contributed by atoms with E-state index in [2.05, 4.69) is 19.2 Å². The molecule has 0 radical (unpaired) electrons. The molecule has 3 heteroatoms. The summed E-state index contributed by atoms with van der Waals surface area (Å²) in [4.78, 5) is 0. The molecular formula is C12H27ClNTi-. The van der Waals surface area contributed by atoms with E-state index in [0.717, 1.165) is 13.1 Å². The van der Waals surface area contributed by atoms with Crippen LogP contribution in [0.4, 0.5) is 0 Å². The van der Waals surface area contributed by atoms with Crippen LogP contribution >= 0.6 is 12.4 Å². The maximum absolute atomic E-state index is 4.51. The molecule has 0 N–H and O–H groups in total. The topological polar surface area (TPSA) is 14.1 Å². The summed E-state index contributed by atoms with van der Waals surface area (Å²) >= 11 is 0. The number of hydrogen-bond donors (Lipinski definition) is 0. The predicted molar refractivity (Wildman–Crippen MR) is 68.6 cm³/mol. The SMILES string of the molecule is CCCCCC[N-]CCCCCC.Cl.[Ti]. The molecule has 0 aromatic heterocycles. The first kappa shape index (κ1) is 21.3. The van der Waals surface area contributed by atoms with Crippen molar-refractivity contribution in [2.75, 3.05) is 13.1 Å². The molecule has 0 rings (SSSR count). The average Bonchev–Trinajstić information content (AvgIpc) is 2.16. The van der Waals surface area contributed by atoms with E-state index in [-0.39, 0.29) is 34.1 Å². The molecule has 0 aromatic rings. The van der Waals surface area contributed by atoms with Gasteiger partial charge in [0.15, 0.2) is 0 Å². The van der Waals surface area contributed by atoms with Crippen LogP contribution in [0, 0.1) is 0 Å². The maximum atomic E-state index is 4.51. The molecule has 0 spiro atoms. The van der Waals surface area contributed by atoms with Crippen molar-refractivity contribution in [1.82, 2.24) is 0 Å². The van der Waals surface area contributed by atoms with Crippen molar-refractivity contribution in [2.45, 2.75) is 65.2 Å². The van der Waals surface area contributed by atoms with Gasteiger partial charge in [-0.3, -0.25) is 0 Å². The van der Waals surface area contributed by atoms with Crippen LogP contribution < -0.4 is 0 Å². The largest absolute Gasteiger partial charge is 0.662 e. The molecule has 0 bridgehead atoms. The van der Waals surface area contributed by atoms with Gasteiger partial charge in [-0.15, -0.1) is 25.5 Å². The fourth-order valence-corrected chi connectivity index (χ4v) is 1.41. The minimum absolute atomic E-state index is 0. The summed E-state index contributed by atoms with van der Waals surface area (Å²) in [7, 11) is 0. The minimum Gasteiger partial charge on any atom is -0.662 e. The normalized spacial score (nSPS) is 9.20. The summed E-state index contributed by atoms with van der Waals surface area (Å²) < 4.78 is 0. The van der Waals surface area contributed by atoms with Crippen molar-refractivity contribution in [3.63, 3.8) is 0 Å². The Morgan fingerprint density at radius 3 is 1.40 bits per heavy atom. The Bertz CT molecular complexity index is 81.7. The second-order valence-corrected chi connectivity index (χ2v) is 3.79. The zero-order valence-electron chi connectivity index (χ0n) is 10.4. The van der Waals surface area contributed by atoms with Crippen LogP contribution in [-0.2, 0) is 21.7 Å². The fourth-order valence-electron chi connectivity index (χ4n) is 1.41. The van der Waals surface area contributed by atoms with Crippen LogP contribution in [-0.4, -0.2) is 13.1 Å². The van der Waals surface area contributed by atoms with Crippen molar-refractivity contribution in [1.29, 1.82) is 0 Å². The summed E-state index contributed by atoms with van der Waals surface area (Å²) in [5, 5.41) is 4.51. The summed E-state index contributed by atoms with van der Waals surface area (Å²) in [5.41, 5.74) is 0. The molecule has 1 nitrogen and oxygen atoms in total. The van der Waals surface area contributed by atoms with Gasteiger partial charge in [-0.25, -0.2) is 0 Å². The minimum atomic E-state index is 0. The Balaban J connectivity index is -0.000000720. The Hall–Kier alpha value is 0.964. The molecule has 0 amide bonds. The van der Waals surface area contributed by atoms with Crippen molar-refractivity contribution in [3.8, 4) is 0 Å². The second kappa shape index (κ2) is 20.4. The van der Waals surface area contributed by atoms with E-state index < -0.39 is 0 Å². The Kier molecular flexibility index (Phi) is 28.9. The number of hydrogen-bond acceptors (Lipinski definition) is 0. The smallest absolute Gasteiger partial charge is 0 e. The molecule has 0 aromatic carbocycles. The molecule has 0 unspecified atom stereocenters. The van der Waals surface area contributed by atoms with Crippen LogP contribution in [0.1, 0.15) is 65.2 Å². The van der Waals surface area contributed by atoms with Gasteiger partial charge in [0, 0.05) is 21.7 Å². The zero-order valence-corrected chi connectivity index (χ0v) is 12.8. The number of unbranched alkanes of at least 4 members (excludes halogenated alkanes) is 6. The van der Waals surface area contributed by atoms with E-state index in [1.165, 1.54) is 51.4 Å². The van der Waals surface area contributed by atoms with Gasteiger partial charge in [-0.05, 0) is 0 Å². The molecule has 0 saturated heterocycles. The van der Waals surface area contributed by atoms with E-state index in [9.17, 15) is 0 Å². The monoisotopic (exact) mass is 268 g/mol. The third-order valence-corrected chi connectivity index (χ3v) is 2.34. The number of halogens is 1. The quantitative estimate of drug-likeness (QED) is 0.394. The molecule has 0 aliphatic carbocycles. The van der Waals surface area contributed by atoms with Gasteiger partial charge in [0.05, 0.1) is 0 Å². The van der Waals surface area contributed by atoms with Crippen molar-refractivity contribution in [2.24, 2.45) is 0 Å².